The van der Waals surface area contributed by atoms with Gasteiger partial charge in [0.2, 0.25) is 0 Å². The molecule has 5 nitrogen and oxygen atoms in total. The molecule has 0 aliphatic carbocycles. The van der Waals surface area contributed by atoms with Gasteiger partial charge in [0.1, 0.15) is 11.5 Å². The lowest BCUT2D eigenvalue weighted by Crippen LogP contribution is -2.10. The molecule has 0 radical (unpaired) electrons. The zero-order valence-corrected chi connectivity index (χ0v) is 7.69. The van der Waals surface area contributed by atoms with Crippen LogP contribution in [0, 0.1) is 0 Å². The molecule has 70 valence electrons. The molecule has 14 heavy (non-hydrogen) atoms. The maximum atomic E-state index is 11.3. The smallest absolute Gasteiger partial charge is 0.267 e. The second-order valence-corrected chi connectivity index (χ2v) is 2.95. The highest BCUT2D eigenvalue weighted by molar-refractivity contribution is 6.29. The van der Waals surface area contributed by atoms with Crippen LogP contribution in [-0.2, 0) is 0 Å². The van der Waals surface area contributed by atoms with Crippen molar-refractivity contribution < 1.29 is 0 Å². The predicted molar refractivity (Wildman–Crippen MR) is 50.9 cm³/mol. The van der Waals surface area contributed by atoms with Crippen LogP contribution in [0.4, 0.5) is 0 Å². The van der Waals surface area contributed by atoms with Crippen LogP contribution in [0.15, 0.2) is 29.6 Å². The number of aromatic amines is 1. The summed E-state index contributed by atoms with van der Waals surface area (Å²) in [5.74, 6) is 0. The van der Waals surface area contributed by atoms with Crippen molar-refractivity contribution in [3.8, 4) is 11.1 Å². The molecule has 0 aliphatic rings. The van der Waals surface area contributed by atoms with Crippen molar-refractivity contribution in [2.24, 2.45) is 0 Å². The van der Waals surface area contributed by atoms with Crippen molar-refractivity contribution in [2.45, 2.75) is 0 Å². The van der Waals surface area contributed by atoms with Gasteiger partial charge >= 0.3 is 0 Å². The fraction of sp³-hybridized carbons (Fsp3) is 0. The van der Waals surface area contributed by atoms with E-state index in [9.17, 15) is 4.79 Å². The fourth-order valence-corrected chi connectivity index (χ4v) is 1.19. The van der Waals surface area contributed by atoms with Crippen molar-refractivity contribution >= 4 is 11.6 Å². The number of H-pyrrole nitrogens is 1. The van der Waals surface area contributed by atoms with E-state index in [4.69, 9.17) is 11.6 Å². The average molecular weight is 209 g/mol. The first-order valence-electron chi connectivity index (χ1n) is 3.78. The van der Waals surface area contributed by atoms with Gasteiger partial charge in [-0.15, -0.1) is 0 Å². The number of hydrogen-bond acceptors (Lipinski definition) is 4. The van der Waals surface area contributed by atoms with E-state index >= 15 is 0 Å². The van der Waals surface area contributed by atoms with Crippen molar-refractivity contribution in [1.29, 1.82) is 0 Å². The van der Waals surface area contributed by atoms with Gasteiger partial charge < -0.3 is 0 Å². The Morgan fingerprint density at radius 3 is 2.71 bits per heavy atom. The van der Waals surface area contributed by atoms with Gasteiger partial charge in [0.15, 0.2) is 0 Å². The Bertz CT molecular complexity index is 496. The number of halogens is 1. The Balaban J connectivity index is 2.63. The van der Waals surface area contributed by atoms with Gasteiger partial charge in [-0.3, -0.25) is 4.79 Å². The summed E-state index contributed by atoms with van der Waals surface area (Å²) in [6, 6.07) is 1.47. The summed E-state index contributed by atoms with van der Waals surface area (Å²) >= 11 is 5.64. The Labute approximate surface area is 83.8 Å². The minimum Gasteiger partial charge on any atom is -0.267 e. The summed E-state index contributed by atoms with van der Waals surface area (Å²) in [6.45, 7) is 0. The summed E-state index contributed by atoms with van der Waals surface area (Å²) in [6.07, 6.45) is 4.46. The summed E-state index contributed by atoms with van der Waals surface area (Å²) < 4.78 is 0. The van der Waals surface area contributed by atoms with Crippen LogP contribution in [0.3, 0.4) is 0 Å². The molecule has 0 aliphatic heterocycles. The third-order valence-corrected chi connectivity index (χ3v) is 1.84. The number of nitrogens with one attached hydrogen (secondary N) is 1. The number of hydrogen-bond donors (Lipinski definition) is 1. The molecule has 2 aromatic heterocycles. The first-order valence-corrected chi connectivity index (χ1v) is 4.16. The first kappa shape index (κ1) is 8.83. The van der Waals surface area contributed by atoms with Crippen LogP contribution in [0.5, 0.6) is 0 Å². The van der Waals surface area contributed by atoms with Gasteiger partial charge in [0.25, 0.3) is 5.56 Å². The molecule has 2 heterocycles. The molecule has 0 amide bonds. The zero-order valence-electron chi connectivity index (χ0n) is 6.94. The maximum absolute atomic E-state index is 11.3. The van der Waals surface area contributed by atoms with E-state index < -0.39 is 0 Å². The van der Waals surface area contributed by atoms with E-state index in [1.165, 1.54) is 24.8 Å². The predicted octanol–water partition coefficient (Wildman–Crippen LogP) is 0.880. The number of nitrogens with zero attached hydrogens (tertiary/aromatic N) is 3. The third kappa shape index (κ3) is 1.62. The van der Waals surface area contributed by atoms with Crippen molar-refractivity contribution in [2.75, 3.05) is 0 Å². The molecule has 0 atom stereocenters. The summed E-state index contributed by atoms with van der Waals surface area (Å²) in [5.41, 5.74) is 0.702. The molecule has 0 bridgehead atoms. The average Bonchev–Trinajstić information content (AvgIpc) is 2.23. The number of rotatable bonds is 1. The lowest BCUT2D eigenvalue weighted by Gasteiger charge is -1.97. The van der Waals surface area contributed by atoms with E-state index in [1.54, 1.807) is 0 Å². The van der Waals surface area contributed by atoms with E-state index in [2.05, 4.69) is 20.2 Å². The van der Waals surface area contributed by atoms with Gasteiger partial charge in [-0.05, 0) is 6.07 Å². The molecule has 0 unspecified atom stereocenters. The highest BCUT2D eigenvalue weighted by Gasteiger charge is 2.04. The summed E-state index contributed by atoms with van der Waals surface area (Å²) in [4.78, 5) is 18.9. The van der Waals surface area contributed by atoms with Crippen LogP contribution < -0.4 is 5.56 Å². The standard InChI is InChI=1S/C8H5ClN4O/c9-7-1-6(8(14)13-12-7)5-2-10-4-11-3-5/h1-4H,(H,13,14). The van der Waals surface area contributed by atoms with E-state index in [-0.39, 0.29) is 10.7 Å². The van der Waals surface area contributed by atoms with E-state index in [0.29, 0.717) is 11.1 Å². The van der Waals surface area contributed by atoms with Crippen LogP contribution in [0.1, 0.15) is 0 Å². The maximum Gasteiger partial charge on any atom is 0.272 e. The Morgan fingerprint density at radius 2 is 2.00 bits per heavy atom. The Morgan fingerprint density at radius 1 is 1.29 bits per heavy atom. The topological polar surface area (TPSA) is 71.5 Å². The van der Waals surface area contributed by atoms with E-state index in [0.717, 1.165) is 0 Å². The largest absolute Gasteiger partial charge is 0.272 e. The second-order valence-electron chi connectivity index (χ2n) is 2.56. The highest BCUT2D eigenvalue weighted by Crippen LogP contribution is 2.14. The van der Waals surface area contributed by atoms with Crippen molar-refractivity contribution in [3.05, 3.63) is 40.3 Å². The first-order chi connectivity index (χ1) is 6.77. The Kier molecular flexibility index (Phi) is 2.24. The monoisotopic (exact) mass is 208 g/mol. The molecule has 0 fully saturated rings. The van der Waals surface area contributed by atoms with E-state index in [1.807, 2.05) is 0 Å². The van der Waals surface area contributed by atoms with Gasteiger partial charge in [-0.1, -0.05) is 11.6 Å². The highest BCUT2D eigenvalue weighted by atomic mass is 35.5. The quantitative estimate of drug-likeness (QED) is 0.755. The molecular formula is C8H5ClN4O. The van der Waals surface area contributed by atoms with Gasteiger partial charge in [-0.25, -0.2) is 15.1 Å². The summed E-state index contributed by atoms with van der Waals surface area (Å²) in [7, 11) is 0. The zero-order chi connectivity index (χ0) is 9.97. The second kappa shape index (κ2) is 3.55. The van der Waals surface area contributed by atoms with Crippen LogP contribution in [0.2, 0.25) is 5.15 Å². The lowest BCUT2D eigenvalue weighted by atomic mass is 10.2. The van der Waals surface area contributed by atoms with Gasteiger partial charge in [0, 0.05) is 18.0 Å². The molecule has 2 rings (SSSR count). The molecule has 0 saturated carbocycles. The SMILES string of the molecule is O=c1[nH]nc(Cl)cc1-c1cncnc1. The molecule has 0 aromatic carbocycles. The van der Waals surface area contributed by atoms with Crippen molar-refractivity contribution in [1.82, 2.24) is 20.2 Å². The molecule has 1 N–H and O–H groups in total. The number of aromatic nitrogens is 4. The lowest BCUT2D eigenvalue weighted by molar-refractivity contribution is 0.990. The fourth-order valence-electron chi connectivity index (χ4n) is 1.03. The summed E-state index contributed by atoms with van der Waals surface area (Å²) in [5, 5.41) is 6.05. The Hall–Kier alpha value is -1.75. The van der Waals surface area contributed by atoms with Crippen LogP contribution in [-0.4, -0.2) is 20.2 Å². The third-order valence-electron chi connectivity index (χ3n) is 1.64. The van der Waals surface area contributed by atoms with Crippen LogP contribution in [0.25, 0.3) is 11.1 Å². The molecule has 0 spiro atoms. The molecular weight excluding hydrogens is 204 g/mol. The van der Waals surface area contributed by atoms with Gasteiger partial charge in [0.05, 0.1) is 5.56 Å². The molecule has 0 saturated heterocycles. The minimum absolute atomic E-state index is 0.225. The minimum atomic E-state index is -0.316. The van der Waals surface area contributed by atoms with Crippen molar-refractivity contribution in [3.63, 3.8) is 0 Å². The van der Waals surface area contributed by atoms with Crippen LogP contribution >= 0.6 is 11.6 Å². The van der Waals surface area contributed by atoms with Gasteiger partial charge in [-0.2, -0.15) is 5.10 Å². The molecule has 6 heteroatoms. The normalized spacial score (nSPS) is 10.1. The molecule has 2 aromatic rings.